The summed E-state index contributed by atoms with van der Waals surface area (Å²) < 4.78 is 11.5. The molecule has 0 fully saturated rings. The zero-order chi connectivity index (χ0) is 15.6. The van der Waals surface area contributed by atoms with Crippen molar-refractivity contribution in [2.45, 2.75) is 6.10 Å². The highest BCUT2D eigenvalue weighted by Gasteiger charge is 2.20. The number of para-hydroxylation sites is 3. The summed E-state index contributed by atoms with van der Waals surface area (Å²) in [5, 5.41) is 3.68. The Labute approximate surface area is 132 Å². The van der Waals surface area contributed by atoms with Gasteiger partial charge in [-0.1, -0.05) is 24.3 Å². The van der Waals surface area contributed by atoms with Crippen LogP contribution in [0, 0.1) is 0 Å². The van der Waals surface area contributed by atoms with Crippen LogP contribution >= 0.6 is 0 Å². The van der Waals surface area contributed by atoms with Crippen LogP contribution in [0.3, 0.4) is 0 Å². The second kappa shape index (κ2) is 5.64. The smallest absolute Gasteiger partial charge is 0.260 e. The van der Waals surface area contributed by atoms with Gasteiger partial charge in [-0.2, -0.15) is 0 Å². The van der Waals surface area contributed by atoms with Crippen LogP contribution in [0.1, 0.15) is 0 Å². The first-order valence-electron chi connectivity index (χ1n) is 7.41. The van der Waals surface area contributed by atoms with Gasteiger partial charge in [0.05, 0.1) is 17.4 Å². The molecular weight excluding hydrogens is 294 g/mol. The summed E-state index contributed by atoms with van der Waals surface area (Å²) >= 11 is 0. The Hall–Kier alpha value is -3.02. The Morgan fingerprint density at radius 3 is 2.83 bits per heavy atom. The number of aromatic amines is 1. The van der Waals surface area contributed by atoms with Crippen molar-refractivity contribution in [3.63, 3.8) is 0 Å². The normalized spacial score (nSPS) is 16.3. The number of aromatic nitrogens is 2. The summed E-state index contributed by atoms with van der Waals surface area (Å²) in [6.07, 6.45) is -0.151. The summed E-state index contributed by atoms with van der Waals surface area (Å²) in [7, 11) is 0. The molecule has 4 rings (SSSR count). The van der Waals surface area contributed by atoms with Crippen molar-refractivity contribution < 1.29 is 9.47 Å². The van der Waals surface area contributed by atoms with Gasteiger partial charge in [0.2, 0.25) is 5.95 Å². The zero-order valence-electron chi connectivity index (χ0n) is 12.3. The van der Waals surface area contributed by atoms with E-state index in [0.29, 0.717) is 30.0 Å². The van der Waals surface area contributed by atoms with Crippen molar-refractivity contribution in [3.05, 3.63) is 58.9 Å². The van der Waals surface area contributed by atoms with E-state index in [1.807, 2.05) is 42.5 Å². The SMILES string of the molecule is O=c1[nH]c(NCC2COc3ccccc3O2)nc2ccccc12. The highest BCUT2D eigenvalue weighted by Crippen LogP contribution is 2.30. The van der Waals surface area contributed by atoms with Crippen LogP contribution < -0.4 is 20.3 Å². The van der Waals surface area contributed by atoms with E-state index in [1.54, 1.807) is 6.07 Å². The quantitative estimate of drug-likeness (QED) is 0.775. The molecule has 3 aromatic rings. The molecule has 0 aliphatic carbocycles. The maximum Gasteiger partial charge on any atom is 0.260 e. The Morgan fingerprint density at radius 2 is 1.91 bits per heavy atom. The maximum absolute atomic E-state index is 12.0. The maximum atomic E-state index is 12.0. The average molecular weight is 309 g/mol. The fourth-order valence-corrected chi connectivity index (χ4v) is 2.54. The van der Waals surface area contributed by atoms with Crippen LogP contribution in [-0.4, -0.2) is 29.2 Å². The molecule has 0 bridgehead atoms. The number of benzene rings is 2. The summed E-state index contributed by atoms with van der Waals surface area (Å²) in [5.74, 6) is 1.91. The van der Waals surface area contributed by atoms with Gasteiger partial charge in [-0.15, -0.1) is 0 Å². The topological polar surface area (TPSA) is 76.2 Å². The van der Waals surface area contributed by atoms with Gasteiger partial charge in [0, 0.05) is 0 Å². The molecule has 23 heavy (non-hydrogen) atoms. The molecule has 1 aliphatic heterocycles. The number of ether oxygens (including phenoxy) is 2. The van der Waals surface area contributed by atoms with Gasteiger partial charge in [-0.05, 0) is 24.3 Å². The minimum atomic E-state index is -0.163. The first-order valence-corrected chi connectivity index (χ1v) is 7.41. The molecule has 0 radical (unpaired) electrons. The number of nitrogens with one attached hydrogen (secondary N) is 2. The molecule has 1 aromatic heterocycles. The molecule has 2 N–H and O–H groups in total. The van der Waals surface area contributed by atoms with Gasteiger partial charge in [0.15, 0.2) is 11.5 Å². The van der Waals surface area contributed by atoms with Crippen LogP contribution in [-0.2, 0) is 0 Å². The Kier molecular flexibility index (Phi) is 3.34. The van der Waals surface area contributed by atoms with E-state index in [1.165, 1.54) is 0 Å². The number of rotatable bonds is 3. The zero-order valence-corrected chi connectivity index (χ0v) is 12.3. The van der Waals surface area contributed by atoms with E-state index < -0.39 is 0 Å². The molecule has 1 aliphatic rings. The molecule has 116 valence electrons. The van der Waals surface area contributed by atoms with Crippen LogP contribution in [0.4, 0.5) is 5.95 Å². The third-order valence-electron chi connectivity index (χ3n) is 3.68. The van der Waals surface area contributed by atoms with Crippen molar-refractivity contribution in [2.24, 2.45) is 0 Å². The number of nitrogens with zero attached hydrogens (tertiary/aromatic N) is 1. The highest BCUT2D eigenvalue weighted by atomic mass is 16.6. The van der Waals surface area contributed by atoms with Crippen molar-refractivity contribution in [2.75, 3.05) is 18.5 Å². The first-order chi connectivity index (χ1) is 11.3. The number of H-pyrrole nitrogens is 1. The van der Waals surface area contributed by atoms with Crippen molar-refractivity contribution in [1.82, 2.24) is 9.97 Å². The van der Waals surface area contributed by atoms with Crippen LogP contribution in [0.15, 0.2) is 53.3 Å². The monoisotopic (exact) mass is 309 g/mol. The van der Waals surface area contributed by atoms with E-state index in [0.717, 1.165) is 11.5 Å². The molecule has 0 saturated carbocycles. The van der Waals surface area contributed by atoms with Gasteiger partial charge < -0.3 is 14.8 Å². The average Bonchev–Trinajstić information content (AvgIpc) is 2.60. The number of anilines is 1. The van der Waals surface area contributed by atoms with Crippen molar-refractivity contribution in [3.8, 4) is 11.5 Å². The first kappa shape index (κ1) is 13.6. The second-order valence-electron chi connectivity index (χ2n) is 5.31. The third kappa shape index (κ3) is 2.70. The molecule has 0 saturated heterocycles. The standard InChI is InChI=1S/C17H15N3O3/c21-16-12-5-1-2-6-13(12)19-17(20-16)18-9-11-10-22-14-7-3-4-8-15(14)23-11/h1-8,11H,9-10H2,(H2,18,19,20,21). The molecule has 0 amide bonds. The Balaban J connectivity index is 1.49. The summed E-state index contributed by atoms with van der Waals surface area (Å²) in [6.45, 7) is 0.928. The van der Waals surface area contributed by atoms with Crippen molar-refractivity contribution >= 4 is 16.9 Å². The second-order valence-corrected chi connectivity index (χ2v) is 5.31. The van der Waals surface area contributed by atoms with Gasteiger partial charge in [-0.3, -0.25) is 9.78 Å². The van der Waals surface area contributed by atoms with Crippen LogP contribution in [0.2, 0.25) is 0 Å². The van der Waals surface area contributed by atoms with Crippen LogP contribution in [0.25, 0.3) is 10.9 Å². The van der Waals surface area contributed by atoms with E-state index in [4.69, 9.17) is 9.47 Å². The summed E-state index contributed by atoms with van der Waals surface area (Å²) in [6, 6.07) is 14.8. The Morgan fingerprint density at radius 1 is 1.13 bits per heavy atom. The Bertz CT molecular complexity index is 907. The third-order valence-corrected chi connectivity index (χ3v) is 3.68. The largest absolute Gasteiger partial charge is 0.486 e. The molecule has 1 atom stereocenters. The van der Waals surface area contributed by atoms with E-state index in [-0.39, 0.29) is 11.7 Å². The predicted molar refractivity (Wildman–Crippen MR) is 87.2 cm³/mol. The minimum Gasteiger partial charge on any atom is -0.486 e. The van der Waals surface area contributed by atoms with E-state index in [2.05, 4.69) is 15.3 Å². The highest BCUT2D eigenvalue weighted by molar-refractivity contribution is 5.78. The lowest BCUT2D eigenvalue weighted by Gasteiger charge is -2.26. The minimum absolute atomic E-state index is 0.151. The number of fused-ring (bicyclic) bond motifs is 2. The lowest BCUT2D eigenvalue weighted by molar-refractivity contribution is 0.0996. The molecular formula is C17H15N3O3. The molecule has 6 nitrogen and oxygen atoms in total. The molecule has 2 aromatic carbocycles. The van der Waals surface area contributed by atoms with E-state index in [9.17, 15) is 4.79 Å². The number of hydrogen-bond acceptors (Lipinski definition) is 5. The van der Waals surface area contributed by atoms with Gasteiger partial charge in [-0.25, -0.2) is 4.98 Å². The van der Waals surface area contributed by atoms with Crippen molar-refractivity contribution in [1.29, 1.82) is 0 Å². The molecule has 1 unspecified atom stereocenters. The summed E-state index contributed by atoms with van der Waals surface area (Å²) in [5.41, 5.74) is 0.495. The van der Waals surface area contributed by atoms with E-state index >= 15 is 0 Å². The number of hydrogen-bond donors (Lipinski definition) is 2. The predicted octanol–water partition coefficient (Wildman–Crippen LogP) is 2.17. The molecule has 6 heteroatoms. The lowest BCUT2D eigenvalue weighted by atomic mass is 10.2. The summed E-state index contributed by atoms with van der Waals surface area (Å²) in [4.78, 5) is 19.2. The fraction of sp³-hybridized carbons (Fsp3) is 0.176. The fourth-order valence-electron chi connectivity index (χ4n) is 2.54. The molecule has 2 heterocycles. The lowest BCUT2D eigenvalue weighted by Crippen LogP contribution is -2.35. The molecule has 0 spiro atoms. The van der Waals surface area contributed by atoms with Gasteiger partial charge >= 0.3 is 0 Å². The van der Waals surface area contributed by atoms with Crippen LogP contribution in [0.5, 0.6) is 11.5 Å². The van der Waals surface area contributed by atoms with Gasteiger partial charge in [0.25, 0.3) is 5.56 Å². The van der Waals surface area contributed by atoms with Gasteiger partial charge in [0.1, 0.15) is 12.7 Å².